The summed E-state index contributed by atoms with van der Waals surface area (Å²) in [5.74, 6) is -1.91. The molecule has 2 N–H and O–H groups in total. The van der Waals surface area contributed by atoms with Gasteiger partial charge in [0, 0.05) is 42.5 Å². The quantitative estimate of drug-likeness (QED) is 0.201. The van der Waals surface area contributed by atoms with E-state index in [4.69, 9.17) is 14.5 Å². The maximum absolute atomic E-state index is 14.0. The minimum absolute atomic E-state index is 0.00613. The highest BCUT2D eigenvalue weighted by molar-refractivity contribution is 7.91. The smallest absolute Gasteiger partial charge is 0.259 e. The Kier molecular flexibility index (Phi) is 9.40. The Morgan fingerprint density at radius 1 is 1.10 bits per heavy atom. The molecule has 6 rings (SSSR count). The molecule has 14 heteroatoms. The van der Waals surface area contributed by atoms with Gasteiger partial charge in [-0.2, -0.15) is 0 Å². The van der Waals surface area contributed by atoms with Crippen molar-refractivity contribution in [2.75, 3.05) is 27.2 Å². The average Bonchev–Trinajstić information content (AvgIpc) is 4.04. The molecule has 0 radical (unpaired) electrons. The van der Waals surface area contributed by atoms with Crippen molar-refractivity contribution in [3.8, 4) is 22.8 Å². The third-order valence-electron chi connectivity index (χ3n) is 9.40. The standard InChI is InChI=1S/C36H39N5O8S/c1-5-23-19-36(23,35(45)39-50(46,47)26-13-14-26)38-34(44)30-17-25(20-41(30)33(43)21-40(3)32(42)6-2)49-31-18-28(22-10-8-7-9-11-22)37-29-16-24(48-4)12-15-27(29)31/h5-12,15-16,18,23,25-26,30H,1-2,13-14,17,19-21H2,3-4H3,(H,38,44)(H,39,45)/t23-,25?,30+,36-/m1/s1. The summed E-state index contributed by atoms with van der Waals surface area (Å²) in [5.41, 5.74) is 0.578. The van der Waals surface area contributed by atoms with Crippen LogP contribution >= 0.6 is 0 Å². The normalized spacial score (nSPS) is 22.7. The van der Waals surface area contributed by atoms with Gasteiger partial charge in [0.05, 0.1) is 36.7 Å². The molecule has 2 aliphatic carbocycles. The van der Waals surface area contributed by atoms with E-state index in [1.807, 2.05) is 36.4 Å². The number of nitrogens with zero attached hydrogens (tertiary/aromatic N) is 3. The van der Waals surface area contributed by atoms with E-state index in [1.165, 1.54) is 22.9 Å². The van der Waals surface area contributed by atoms with Crippen molar-refractivity contribution in [1.29, 1.82) is 0 Å². The monoisotopic (exact) mass is 701 g/mol. The minimum atomic E-state index is -3.88. The van der Waals surface area contributed by atoms with Crippen molar-refractivity contribution in [3.63, 3.8) is 0 Å². The van der Waals surface area contributed by atoms with Gasteiger partial charge in [0.25, 0.3) is 5.91 Å². The van der Waals surface area contributed by atoms with Crippen LogP contribution < -0.4 is 19.5 Å². The first kappa shape index (κ1) is 34.6. The number of hydrogen-bond donors (Lipinski definition) is 2. The highest BCUT2D eigenvalue weighted by Crippen LogP contribution is 2.45. The zero-order valence-electron chi connectivity index (χ0n) is 27.8. The maximum atomic E-state index is 14.0. The second kappa shape index (κ2) is 13.6. The molecule has 3 aromatic rings. The molecule has 1 aromatic heterocycles. The molecule has 2 aromatic carbocycles. The highest BCUT2D eigenvalue weighted by atomic mass is 32.2. The number of likely N-dealkylation sites (N-methyl/N-ethyl adjacent to an activating group) is 1. The van der Waals surface area contributed by atoms with Crippen LogP contribution in [0.15, 0.2) is 79.9 Å². The number of hydrogen-bond acceptors (Lipinski definition) is 9. The first-order chi connectivity index (χ1) is 23.9. The summed E-state index contributed by atoms with van der Waals surface area (Å²) in [6, 6.07) is 15.6. The number of fused-ring (bicyclic) bond motifs is 1. The Hall–Kier alpha value is -5.24. The molecular weight excluding hydrogens is 662 g/mol. The predicted molar refractivity (Wildman–Crippen MR) is 185 cm³/mol. The van der Waals surface area contributed by atoms with Crippen LogP contribution in [0.4, 0.5) is 0 Å². The highest BCUT2D eigenvalue weighted by Gasteiger charge is 2.62. The van der Waals surface area contributed by atoms with Gasteiger partial charge in [-0.15, -0.1) is 6.58 Å². The van der Waals surface area contributed by atoms with E-state index in [0.717, 1.165) is 11.6 Å². The molecule has 1 saturated heterocycles. The lowest BCUT2D eigenvalue weighted by molar-refractivity contribution is -0.142. The average molecular weight is 702 g/mol. The third-order valence-corrected chi connectivity index (χ3v) is 11.2. The molecule has 4 amide bonds. The molecule has 4 atom stereocenters. The molecule has 2 heterocycles. The van der Waals surface area contributed by atoms with E-state index in [-0.39, 0.29) is 25.9 Å². The van der Waals surface area contributed by atoms with E-state index in [9.17, 15) is 27.6 Å². The Balaban J connectivity index is 1.29. The van der Waals surface area contributed by atoms with Gasteiger partial charge in [-0.1, -0.05) is 43.0 Å². The van der Waals surface area contributed by atoms with E-state index in [0.29, 0.717) is 40.9 Å². The number of sulfonamides is 1. The summed E-state index contributed by atoms with van der Waals surface area (Å²) >= 11 is 0. The summed E-state index contributed by atoms with van der Waals surface area (Å²) in [6.07, 6.45) is 3.03. The van der Waals surface area contributed by atoms with Crippen LogP contribution in [0.3, 0.4) is 0 Å². The van der Waals surface area contributed by atoms with Gasteiger partial charge >= 0.3 is 0 Å². The number of pyridine rings is 1. The second-order valence-corrected chi connectivity index (χ2v) is 14.8. The molecular formula is C36H39N5O8S. The van der Waals surface area contributed by atoms with Crippen molar-refractivity contribution < 1.29 is 37.1 Å². The van der Waals surface area contributed by atoms with Crippen LogP contribution in [0.5, 0.6) is 11.5 Å². The number of aromatic nitrogens is 1. The van der Waals surface area contributed by atoms with Crippen LogP contribution in [0.1, 0.15) is 25.7 Å². The summed E-state index contributed by atoms with van der Waals surface area (Å²) in [6.45, 7) is 6.88. The van der Waals surface area contributed by atoms with E-state index >= 15 is 0 Å². The van der Waals surface area contributed by atoms with Crippen LogP contribution in [0.25, 0.3) is 22.2 Å². The van der Waals surface area contributed by atoms with Crippen LogP contribution in [-0.4, -0.2) is 97.0 Å². The topological polar surface area (TPSA) is 164 Å². The summed E-state index contributed by atoms with van der Waals surface area (Å²) in [7, 11) is -0.872. The number of benzene rings is 2. The largest absolute Gasteiger partial charge is 0.497 e. The van der Waals surface area contributed by atoms with Crippen LogP contribution in [0, 0.1) is 5.92 Å². The molecule has 0 bridgehead atoms. The molecule has 13 nitrogen and oxygen atoms in total. The molecule has 3 aliphatic rings. The number of carbonyl (C=O) groups excluding carboxylic acids is 4. The first-order valence-electron chi connectivity index (χ1n) is 16.3. The number of amides is 4. The van der Waals surface area contributed by atoms with Gasteiger partial charge < -0.3 is 24.6 Å². The van der Waals surface area contributed by atoms with Gasteiger partial charge in [0.2, 0.25) is 27.7 Å². The molecule has 1 unspecified atom stereocenters. The Morgan fingerprint density at radius 2 is 1.84 bits per heavy atom. The van der Waals surface area contributed by atoms with Crippen molar-refractivity contribution in [3.05, 3.63) is 79.9 Å². The van der Waals surface area contributed by atoms with Crippen molar-refractivity contribution in [2.24, 2.45) is 5.92 Å². The van der Waals surface area contributed by atoms with Crippen molar-refractivity contribution >= 4 is 44.6 Å². The number of ether oxygens (including phenoxy) is 2. The first-order valence-corrected chi connectivity index (χ1v) is 17.8. The molecule has 3 fully saturated rings. The summed E-state index contributed by atoms with van der Waals surface area (Å²) in [4.78, 5) is 60.6. The molecule has 2 saturated carbocycles. The third kappa shape index (κ3) is 6.93. The fourth-order valence-corrected chi connectivity index (χ4v) is 7.65. The zero-order valence-corrected chi connectivity index (χ0v) is 28.6. The van der Waals surface area contributed by atoms with E-state index in [2.05, 4.69) is 23.2 Å². The fourth-order valence-electron chi connectivity index (χ4n) is 6.29. The minimum Gasteiger partial charge on any atom is -0.497 e. The Bertz CT molecular complexity index is 1980. The van der Waals surface area contributed by atoms with Gasteiger partial charge in [-0.3, -0.25) is 23.9 Å². The van der Waals surface area contributed by atoms with E-state index in [1.54, 1.807) is 25.3 Å². The maximum Gasteiger partial charge on any atom is 0.259 e. The number of likely N-dealkylation sites (tertiary alicyclic amines) is 1. The fraction of sp³-hybridized carbons (Fsp3) is 0.361. The van der Waals surface area contributed by atoms with Crippen molar-refractivity contribution in [1.82, 2.24) is 24.8 Å². The number of methoxy groups -OCH3 is 1. The van der Waals surface area contributed by atoms with Gasteiger partial charge in [-0.05, 0) is 37.5 Å². The SMILES string of the molecule is C=CC(=O)N(C)CC(=O)N1CC(Oc2cc(-c3ccccc3)nc3cc(OC)ccc23)C[C@H]1C(=O)N[C@]1(C(=O)NS(=O)(=O)C2CC2)C[C@H]1C=C. The van der Waals surface area contributed by atoms with E-state index < -0.39 is 62.5 Å². The molecule has 1 aliphatic heterocycles. The van der Waals surface area contributed by atoms with Crippen LogP contribution in [0.2, 0.25) is 0 Å². The van der Waals surface area contributed by atoms with Gasteiger partial charge in [-0.25, -0.2) is 13.4 Å². The number of nitrogens with one attached hydrogen (secondary N) is 2. The van der Waals surface area contributed by atoms with Gasteiger partial charge in [0.1, 0.15) is 29.2 Å². The Morgan fingerprint density at radius 3 is 2.48 bits per heavy atom. The molecule has 262 valence electrons. The number of rotatable bonds is 13. The lowest BCUT2D eigenvalue weighted by Crippen LogP contribution is -2.57. The lowest BCUT2D eigenvalue weighted by Gasteiger charge is -2.27. The molecule has 50 heavy (non-hydrogen) atoms. The van der Waals surface area contributed by atoms with Crippen LogP contribution in [-0.2, 0) is 29.2 Å². The van der Waals surface area contributed by atoms with Crippen molar-refractivity contribution in [2.45, 2.75) is 48.6 Å². The molecule has 0 spiro atoms. The van der Waals surface area contributed by atoms with Gasteiger partial charge in [0.15, 0.2) is 0 Å². The second-order valence-electron chi connectivity index (χ2n) is 12.9. The predicted octanol–water partition coefficient (Wildman–Crippen LogP) is 2.57. The zero-order chi connectivity index (χ0) is 35.8. The Labute approximate surface area is 290 Å². The summed E-state index contributed by atoms with van der Waals surface area (Å²) < 4.78 is 39.4. The number of carbonyl (C=O) groups is 4. The lowest BCUT2D eigenvalue weighted by atomic mass is 10.1. The summed E-state index contributed by atoms with van der Waals surface area (Å²) in [5, 5.41) is 2.82.